The SMILES string of the molecule is [O-][P+](OC(CCl)CCl)(OC(CCl)CCl)OC(CCl)CNc1ccccc1. The molecule has 1 rings (SSSR count). The van der Waals surface area contributed by atoms with Crippen molar-refractivity contribution in [3.05, 3.63) is 30.3 Å². The first-order valence-corrected chi connectivity index (χ1v) is 11.9. The Morgan fingerprint density at radius 1 is 0.769 bits per heavy atom. The van der Waals surface area contributed by atoms with Crippen LogP contribution in [0, 0.1) is 0 Å². The summed E-state index contributed by atoms with van der Waals surface area (Å²) in [5.74, 6) is 0.108. The molecule has 0 aliphatic carbocycles. The van der Waals surface area contributed by atoms with Gasteiger partial charge < -0.3 is 10.2 Å². The van der Waals surface area contributed by atoms with Crippen molar-refractivity contribution in [3.8, 4) is 0 Å². The van der Waals surface area contributed by atoms with Crippen LogP contribution >= 0.6 is 66.2 Å². The number of phosphoric acid groups is 1. The van der Waals surface area contributed by atoms with Crippen molar-refractivity contribution in [3.63, 3.8) is 0 Å². The lowest BCUT2D eigenvalue weighted by atomic mass is 10.3. The van der Waals surface area contributed by atoms with E-state index in [9.17, 15) is 4.89 Å². The number of halogens is 5. The molecule has 0 saturated carbocycles. The number of phosphoric ester groups is 1. The van der Waals surface area contributed by atoms with Crippen LogP contribution in [0.25, 0.3) is 0 Å². The van der Waals surface area contributed by atoms with Gasteiger partial charge in [-0.05, 0) is 12.1 Å². The van der Waals surface area contributed by atoms with Gasteiger partial charge in [0.25, 0.3) is 0 Å². The fraction of sp³-hybridized carbons (Fsp3) is 0.600. The Morgan fingerprint density at radius 3 is 1.62 bits per heavy atom. The standard InChI is InChI=1S/C15H21Cl5NO4P/c16-6-13(7-17)23-26(22,24-14(8-18)9-19)25-15(10-20)11-21-12-4-2-1-3-5-12/h1-5,13-15,21H,6-11H2. The summed E-state index contributed by atoms with van der Waals surface area (Å²) in [6.45, 7) is 0.281. The third-order valence-corrected chi connectivity index (χ3v) is 6.39. The van der Waals surface area contributed by atoms with Crippen molar-refractivity contribution < 1.29 is 18.5 Å². The molecule has 0 bridgehead atoms. The van der Waals surface area contributed by atoms with Crippen LogP contribution in [-0.2, 0) is 13.6 Å². The normalized spacial score (nSPS) is 13.4. The van der Waals surface area contributed by atoms with E-state index in [2.05, 4.69) is 5.32 Å². The van der Waals surface area contributed by atoms with Gasteiger partial charge in [-0.3, -0.25) is 0 Å². The van der Waals surface area contributed by atoms with Gasteiger partial charge in [0.1, 0.15) is 18.3 Å². The lowest BCUT2D eigenvalue weighted by Gasteiger charge is -2.32. The predicted octanol–water partition coefficient (Wildman–Crippen LogP) is 4.49. The molecular formula is C15H21Cl5NO4P. The molecule has 0 aliphatic heterocycles. The number of rotatable bonds is 14. The number of para-hydroxylation sites is 1. The van der Waals surface area contributed by atoms with E-state index in [1.54, 1.807) is 0 Å². The molecular weight excluding hydrogens is 466 g/mol. The molecule has 1 aromatic rings. The summed E-state index contributed by atoms with van der Waals surface area (Å²) in [6, 6.07) is 9.42. The van der Waals surface area contributed by atoms with E-state index >= 15 is 0 Å². The van der Waals surface area contributed by atoms with Crippen LogP contribution in [0.1, 0.15) is 0 Å². The zero-order valence-corrected chi connectivity index (χ0v) is 18.5. The maximum absolute atomic E-state index is 13.1. The minimum atomic E-state index is -4.05. The molecule has 0 radical (unpaired) electrons. The monoisotopic (exact) mass is 485 g/mol. The first-order valence-electron chi connectivity index (χ1n) is 7.74. The van der Waals surface area contributed by atoms with Crippen molar-refractivity contribution in [2.45, 2.75) is 18.3 Å². The summed E-state index contributed by atoms with van der Waals surface area (Å²) in [6.07, 6.45) is -2.12. The summed E-state index contributed by atoms with van der Waals surface area (Å²) >= 11 is 29.0. The molecule has 0 amide bonds. The molecule has 0 heterocycles. The number of hydrogen-bond donors (Lipinski definition) is 1. The highest BCUT2D eigenvalue weighted by Crippen LogP contribution is 2.57. The van der Waals surface area contributed by atoms with Crippen LogP contribution in [0.5, 0.6) is 0 Å². The third-order valence-electron chi connectivity index (χ3n) is 3.00. The molecule has 1 atom stereocenters. The zero-order chi connectivity index (χ0) is 19.4. The quantitative estimate of drug-likeness (QED) is 0.310. The molecule has 0 aromatic heterocycles. The van der Waals surface area contributed by atoms with Crippen molar-refractivity contribution >= 4 is 71.9 Å². The van der Waals surface area contributed by atoms with Gasteiger partial charge >= 0.3 is 8.17 Å². The van der Waals surface area contributed by atoms with Gasteiger partial charge in [-0.2, -0.15) is 13.6 Å². The number of hydrogen-bond acceptors (Lipinski definition) is 5. The number of anilines is 1. The average Bonchev–Trinajstić information content (AvgIpc) is 2.68. The predicted molar refractivity (Wildman–Crippen MR) is 110 cm³/mol. The topological polar surface area (TPSA) is 62.8 Å². The maximum atomic E-state index is 13.1. The van der Waals surface area contributed by atoms with Crippen LogP contribution in [0.4, 0.5) is 5.69 Å². The van der Waals surface area contributed by atoms with Gasteiger partial charge in [0.05, 0.1) is 29.4 Å². The summed E-state index contributed by atoms with van der Waals surface area (Å²) in [7, 11) is -4.05. The fourth-order valence-corrected chi connectivity index (χ4v) is 4.94. The van der Waals surface area contributed by atoms with E-state index in [4.69, 9.17) is 71.6 Å². The summed E-state index contributed by atoms with van der Waals surface area (Å²) in [5, 5.41) is 3.13. The second-order valence-corrected chi connectivity index (χ2v) is 8.22. The van der Waals surface area contributed by atoms with E-state index < -0.39 is 26.5 Å². The van der Waals surface area contributed by atoms with E-state index in [1.807, 2.05) is 30.3 Å². The van der Waals surface area contributed by atoms with Gasteiger partial charge in [-0.15, -0.1) is 58.0 Å². The van der Waals surface area contributed by atoms with E-state index in [0.29, 0.717) is 0 Å². The first-order chi connectivity index (χ1) is 12.5. The van der Waals surface area contributed by atoms with Crippen molar-refractivity contribution in [2.75, 3.05) is 41.3 Å². The minimum Gasteiger partial charge on any atom is -0.606 e. The van der Waals surface area contributed by atoms with E-state index in [1.165, 1.54) is 0 Å². The van der Waals surface area contributed by atoms with Crippen LogP contribution in [0.2, 0.25) is 0 Å². The molecule has 0 saturated heterocycles. The first kappa shape index (κ1) is 24.8. The van der Waals surface area contributed by atoms with Gasteiger partial charge in [-0.25, -0.2) is 0 Å². The molecule has 1 unspecified atom stereocenters. The molecule has 26 heavy (non-hydrogen) atoms. The Labute approximate surface area is 179 Å². The molecule has 11 heteroatoms. The van der Waals surface area contributed by atoms with E-state index in [0.717, 1.165) is 5.69 Å². The molecule has 1 aromatic carbocycles. The molecule has 1 N–H and O–H groups in total. The number of nitrogens with one attached hydrogen (secondary N) is 1. The smallest absolute Gasteiger partial charge is 0.380 e. The van der Waals surface area contributed by atoms with Crippen LogP contribution in [0.3, 0.4) is 0 Å². The molecule has 0 aliphatic rings. The molecule has 0 spiro atoms. The van der Waals surface area contributed by atoms with Gasteiger partial charge in [-0.1, -0.05) is 18.2 Å². The zero-order valence-electron chi connectivity index (χ0n) is 13.8. The number of benzene rings is 1. The highest BCUT2D eigenvalue weighted by molar-refractivity contribution is 7.54. The maximum Gasteiger partial charge on any atom is 0.380 e. The number of alkyl halides is 5. The second-order valence-electron chi connectivity index (χ2n) is 5.15. The van der Waals surface area contributed by atoms with Crippen LogP contribution in [-0.4, -0.2) is 54.3 Å². The highest BCUT2D eigenvalue weighted by atomic mass is 35.5. The Bertz CT molecular complexity index is 468. The van der Waals surface area contributed by atoms with Gasteiger partial charge in [0.2, 0.25) is 0 Å². The van der Waals surface area contributed by atoms with Gasteiger partial charge in [0, 0.05) is 12.2 Å². The Hall–Kier alpha value is 0.740. The fourth-order valence-electron chi connectivity index (χ4n) is 1.73. The Morgan fingerprint density at radius 2 is 1.19 bits per heavy atom. The summed E-state index contributed by atoms with van der Waals surface area (Å²) < 4.78 is 16.4. The summed E-state index contributed by atoms with van der Waals surface area (Å²) in [5.41, 5.74) is 0.863. The largest absolute Gasteiger partial charge is 0.606 e. The van der Waals surface area contributed by atoms with Crippen molar-refractivity contribution in [1.82, 2.24) is 0 Å². The van der Waals surface area contributed by atoms with Crippen LogP contribution < -0.4 is 10.2 Å². The highest BCUT2D eigenvalue weighted by Gasteiger charge is 2.42. The van der Waals surface area contributed by atoms with E-state index in [-0.39, 0.29) is 35.9 Å². The molecule has 0 fully saturated rings. The lowest BCUT2D eigenvalue weighted by molar-refractivity contribution is -0.257. The van der Waals surface area contributed by atoms with Crippen molar-refractivity contribution in [2.24, 2.45) is 0 Å². The van der Waals surface area contributed by atoms with Crippen molar-refractivity contribution in [1.29, 1.82) is 0 Å². The Balaban J connectivity index is 2.78. The Kier molecular flexibility index (Phi) is 13.2. The molecule has 150 valence electrons. The summed E-state index contributed by atoms with van der Waals surface area (Å²) in [4.78, 5) is 13.1. The van der Waals surface area contributed by atoms with Crippen LogP contribution in [0.15, 0.2) is 30.3 Å². The van der Waals surface area contributed by atoms with Gasteiger partial charge in [0.15, 0.2) is 0 Å². The molecule has 5 nitrogen and oxygen atoms in total. The average molecular weight is 488 g/mol. The lowest BCUT2D eigenvalue weighted by Crippen LogP contribution is -2.35. The second kappa shape index (κ2) is 13.8. The third kappa shape index (κ3) is 9.29. The minimum absolute atomic E-state index is 0.0143.